The van der Waals surface area contributed by atoms with Gasteiger partial charge in [-0.15, -0.1) is 0 Å². The summed E-state index contributed by atoms with van der Waals surface area (Å²) >= 11 is 0. The smallest absolute Gasteiger partial charge is 0.214 e. The topological polar surface area (TPSA) is 49.9 Å². The molecule has 0 amide bonds. The molecule has 0 unspecified atom stereocenters. The maximum atomic E-state index is 12.6. The summed E-state index contributed by atoms with van der Waals surface area (Å²) in [6.07, 6.45) is 1.46. The van der Waals surface area contributed by atoms with E-state index in [-0.39, 0.29) is 5.75 Å². The van der Waals surface area contributed by atoms with Gasteiger partial charge in [0, 0.05) is 38.3 Å². The molecule has 146 valence electrons. The summed E-state index contributed by atoms with van der Waals surface area (Å²) in [5.41, 5.74) is 2.33. The Morgan fingerprint density at radius 2 is 1.59 bits per heavy atom. The molecule has 0 radical (unpaired) electrons. The van der Waals surface area contributed by atoms with E-state index in [9.17, 15) is 8.42 Å². The molecular formula is C21H28N2O3S. The van der Waals surface area contributed by atoms with E-state index < -0.39 is 10.0 Å². The molecule has 1 aliphatic heterocycles. The normalized spacial score (nSPS) is 16.3. The zero-order valence-electron chi connectivity index (χ0n) is 15.9. The van der Waals surface area contributed by atoms with Crippen molar-refractivity contribution < 1.29 is 13.2 Å². The van der Waals surface area contributed by atoms with Crippen molar-refractivity contribution in [3.63, 3.8) is 0 Å². The lowest BCUT2D eigenvalue weighted by atomic mass is 10.1. The van der Waals surface area contributed by atoms with Crippen LogP contribution in [0.1, 0.15) is 17.5 Å². The summed E-state index contributed by atoms with van der Waals surface area (Å²) in [5.74, 6) is 1.10. The Morgan fingerprint density at radius 1 is 0.926 bits per heavy atom. The van der Waals surface area contributed by atoms with Gasteiger partial charge in [-0.25, -0.2) is 8.42 Å². The number of hydrogen-bond acceptors (Lipinski definition) is 4. The van der Waals surface area contributed by atoms with Crippen LogP contribution in [0.2, 0.25) is 0 Å². The van der Waals surface area contributed by atoms with Crippen molar-refractivity contribution in [1.82, 2.24) is 9.21 Å². The van der Waals surface area contributed by atoms with Crippen LogP contribution in [-0.2, 0) is 23.0 Å². The first-order valence-electron chi connectivity index (χ1n) is 9.44. The first-order chi connectivity index (χ1) is 13.1. The van der Waals surface area contributed by atoms with Crippen molar-refractivity contribution in [2.24, 2.45) is 0 Å². The second-order valence-electron chi connectivity index (χ2n) is 6.89. The monoisotopic (exact) mass is 388 g/mol. The SMILES string of the molecule is COc1ccccc1CN1CCN(S(=O)(=O)CCCc2ccccc2)CC1. The van der Waals surface area contributed by atoms with Gasteiger partial charge >= 0.3 is 0 Å². The Morgan fingerprint density at radius 3 is 2.30 bits per heavy atom. The number of benzene rings is 2. The van der Waals surface area contributed by atoms with Crippen molar-refractivity contribution >= 4 is 10.0 Å². The molecule has 2 aromatic rings. The summed E-state index contributed by atoms with van der Waals surface area (Å²) in [6.45, 7) is 3.39. The number of nitrogens with zero attached hydrogens (tertiary/aromatic N) is 2. The van der Waals surface area contributed by atoms with E-state index >= 15 is 0 Å². The Bertz CT molecular complexity index is 816. The number of methoxy groups -OCH3 is 1. The zero-order chi connectivity index (χ0) is 19.1. The summed E-state index contributed by atoms with van der Waals surface area (Å²) in [7, 11) is -1.50. The summed E-state index contributed by atoms with van der Waals surface area (Å²) in [6, 6.07) is 18.0. The van der Waals surface area contributed by atoms with Crippen LogP contribution in [0.3, 0.4) is 0 Å². The van der Waals surface area contributed by atoms with Crippen LogP contribution in [-0.4, -0.2) is 56.7 Å². The van der Waals surface area contributed by atoms with Crippen molar-refractivity contribution in [2.45, 2.75) is 19.4 Å². The first kappa shape index (κ1) is 19.9. The van der Waals surface area contributed by atoms with Gasteiger partial charge in [0.15, 0.2) is 0 Å². The van der Waals surface area contributed by atoms with Gasteiger partial charge in [-0.1, -0.05) is 48.5 Å². The minimum absolute atomic E-state index is 0.217. The van der Waals surface area contributed by atoms with Crippen molar-refractivity contribution in [1.29, 1.82) is 0 Å². The van der Waals surface area contributed by atoms with E-state index in [0.29, 0.717) is 19.5 Å². The fraction of sp³-hybridized carbons (Fsp3) is 0.429. The van der Waals surface area contributed by atoms with Gasteiger partial charge in [-0.3, -0.25) is 4.90 Å². The lowest BCUT2D eigenvalue weighted by molar-refractivity contribution is 0.180. The highest BCUT2D eigenvalue weighted by Gasteiger charge is 2.26. The highest BCUT2D eigenvalue weighted by Crippen LogP contribution is 2.20. The number of para-hydroxylation sites is 1. The van der Waals surface area contributed by atoms with Crippen LogP contribution in [0, 0.1) is 0 Å². The molecule has 1 heterocycles. The lowest BCUT2D eigenvalue weighted by Gasteiger charge is -2.34. The molecule has 1 saturated heterocycles. The number of ether oxygens (including phenoxy) is 1. The van der Waals surface area contributed by atoms with Gasteiger partial charge in [-0.05, 0) is 24.5 Å². The van der Waals surface area contributed by atoms with Crippen LogP contribution in [0.25, 0.3) is 0 Å². The molecule has 3 rings (SSSR count). The molecule has 27 heavy (non-hydrogen) atoms. The lowest BCUT2D eigenvalue weighted by Crippen LogP contribution is -2.48. The molecule has 6 heteroatoms. The Kier molecular flexibility index (Phi) is 6.88. The second-order valence-corrected chi connectivity index (χ2v) is 8.98. The Labute approximate surface area is 162 Å². The fourth-order valence-corrected chi connectivity index (χ4v) is 4.96. The molecule has 1 fully saturated rings. The standard InChI is InChI=1S/C21H28N2O3S/c1-26-21-12-6-5-11-20(21)18-22-13-15-23(16-14-22)27(24,25)17-7-10-19-8-3-2-4-9-19/h2-6,8-9,11-12H,7,10,13-18H2,1H3. The van der Waals surface area contributed by atoms with Crippen molar-refractivity contribution in [3.8, 4) is 5.75 Å². The molecule has 0 spiro atoms. The molecule has 2 aromatic carbocycles. The van der Waals surface area contributed by atoms with E-state index in [4.69, 9.17) is 4.74 Å². The molecule has 1 aliphatic rings. The molecule has 0 aliphatic carbocycles. The zero-order valence-corrected chi connectivity index (χ0v) is 16.7. The Hall–Kier alpha value is -1.89. The van der Waals surface area contributed by atoms with Gasteiger partial charge in [0.2, 0.25) is 10.0 Å². The van der Waals surface area contributed by atoms with Gasteiger partial charge in [0.05, 0.1) is 12.9 Å². The van der Waals surface area contributed by atoms with Crippen LogP contribution < -0.4 is 4.74 Å². The number of sulfonamides is 1. The highest BCUT2D eigenvalue weighted by molar-refractivity contribution is 7.89. The maximum Gasteiger partial charge on any atom is 0.214 e. The summed E-state index contributed by atoms with van der Waals surface area (Å²) in [5, 5.41) is 0. The van der Waals surface area contributed by atoms with Crippen molar-refractivity contribution in [3.05, 3.63) is 65.7 Å². The highest BCUT2D eigenvalue weighted by atomic mass is 32.2. The summed E-state index contributed by atoms with van der Waals surface area (Å²) in [4.78, 5) is 2.29. The largest absolute Gasteiger partial charge is 0.496 e. The molecule has 0 bridgehead atoms. The quantitative estimate of drug-likeness (QED) is 0.698. The molecule has 0 N–H and O–H groups in total. The number of aryl methyl sites for hydroxylation is 1. The van der Waals surface area contributed by atoms with Gasteiger partial charge in [0.25, 0.3) is 0 Å². The minimum Gasteiger partial charge on any atom is -0.496 e. The maximum absolute atomic E-state index is 12.6. The van der Waals surface area contributed by atoms with E-state index in [1.165, 1.54) is 5.56 Å². The molecule has 0 aromatic heterocycles. The van der Waals surface area contributed by atoms with E-state index in [0.717, 1.165) is 37.4 Å². The molecule has 0 atom stereocenters. The minimum atomic E-state index is -3.18. The molecule has 5 nitrogen and oxygen atoms in total. The fourth-order valence-electron chi connectivity index (χ4n) is 3.47. The van der Waals surface area contributed by atoms with Gasteiger partial charge in [0.1, 0.15) is 5.75 Å². The third-order valence-electron chi connectivity index (χ3n) is 5.02. The molecule has 0 saturated carbocycles. The Balaban J connectivity index is 1.47. The average Bonchev–Trinajstić information content (AvgIpc) is 2.69. The van der Waals surface area contributed by atoms with Crippen LogP contribution in [0.5, 0.6) is 5.75 Å². The van der Waals surface area contributed by atoms with Gasteiger partial charge < -0.3 is 4.74 Å². The molecular weight excluding hydrogens is 360 g/mol. The van der Waals surface area contributed by atoms with E-state index in [1.807, 2.05) is 48.5 Å². The summed E-state index contributed by atoms with van der Waals surface area (Å²) < 4.78 is 32.3. The van der Waals surface area contributed by atoms with Crippen LogP contribution >= 0.6 is 0 Å². The average molecular weight is 389 g/mol. The number of piperazine rings is 1. The number of rotatable bonds is 8. The predicted molar refractivity (Wildman–Crippen MR) is 108 cm³/mol. The predicted octanol–water partition coefficient (Wildman–Crippen LogP) is 2.78. The van der Waals surface area contributed by atoms with E-state index in [2.05, 4.69) is 11.0 Å². The van der Waals surface area contributed by atoms with Crippen LogP contribution in [0.15, 0.2) is 54.6 Å². The van der Waals surface area contributed by atoms with Gasteiger partial charge in [-0.2, -0.15) is 4.31 Å². The second kappa shape index (κ2) is 9.35. The first-order valence-corrected chi connectivity index (χ1v) is 11.1. The van der Waals surface area contributed by atoms with Crippen LogP contribution in [0.4, 0.5) is 0 Å². The van der Waals surface area contributed by atoms with Crippen molar-refractivity contribution in [2.75, 3.05) is 39.0 Å². The number of hydrogen-bond donors (Lipinski definition) is 0. The van der Waals surface area contributed by atoms with E-state index in [1.54, 1.807) is 11.4 Å². The third kappa shape index (κ3) is 5.54. The third-order valence-corrected chi connectivity index (χ3v) is 6.98.